The number of nitrogens with zero attached hydrogens (tertiary/aromatic N) is 2. The summed E-state index contributed by atoms with van der Waals surface area (Å²) in [5, 5.41) is 9.91. The van der Waals surface area contributed by atoms with E-state index in [0.29, 0.717) is 21.9 Å². The molecule has 2 aromatic heterocycles. The molecule has 0 spiro atoms. The summed E-state index contributed by atoms with van der Waals surface area (Å²) in [5.74, 6) is -0.621. The number of hydrogen-bond donors (Lipinski definition) is 2. The Labute approximate surface area is 194 Å². The molecule has 0 unspecified atom stereocenters. The zero-order chi connectivity index (χ0) is 22.9. The third kappa shape index (κ3) is 4.16. The Morgan fingerprint density at radius 3 is 2.36 bits per heavy atom. The first kappa shape index (κ1) is 20.7. The number of ether oxygens (including phenoxy) is 1. The number of rotatable bonds is 5. The Bertz CT molecular complexity index is 1480. The van der Waals surface area contributed by atoms with Gasteiger partial charge in [0, 0.05) is 18.0 Å². The normalized spacial score (nSPS) is 11.0. The van der Waals surface area contributed by atoms with E-state index in [-0.39, 0.29) is 11.6 Å². The number of imidazole rings is 1. The number of carbonyl (C=O) groups is 1. The fourth-order valence-corrected chi connectivity index (χ4v) is 3.94. The molecule has 5 rings (SSSR count). The van der Waals surface area contributed by atoms with Gasteiger partial charge in [-0.25, -0.2) is 4.79 Å². The van der Waals surface area contributed by atoms with Crippen LogP contribution in [0.1, 0.15) is 15.9 Å². The first-order valence-corrected chi connectivity index (χ1v) is 10.6. The van der Waals surface area contributed by atoms with Crippen LogP contribution in [0.3, 0.4) is 0 Å². The summed E-state index contributed by atoms with van der Waals surface area (Å²) in [6, 6.07) is 20.9. The van der Waals surface area contributed by atoms with E-state index in [1.807, 2.05) is 42.5 Å². The van der Waals surface area contributed by atoms with Crippen LogP contribution in [0.4, 0.5) is 0 Å². The molecule has 0 amide bonds. The minimum absolute atomic E-state index is 0.184. The van der Waals surface area contributed by atoms with Gasteiger partial charge in [-0.1, -0.05) is 41.9 Å². The Balaban J connectivity index is 1.45. The van der Waals surface area contributed by atoms with Crippen LogP contribution in [-0.4, -0.2) is 26.0 Å². The van der Waals surface area contributed by atoms with Gasteiger partial charge in [0.25, 0.3) is 6.01 Å². The highest BCUT2D eigenvalue weighted by Gasteiger charge is 2.13. The molecule has 5 aromatic rings. The van der Waals surface area contributed by atoms with Crippen LogP contribution in [0.2, 0.25) is 5.02 Å². The van der Waals surface area contributed by atoms with Crippen molar-refractivity contribution in [3.8, 4) is 34.0 Å². The molecule has 0 saturated carbocycles. The summed E-state index contributed by atoms with van der Waals surface area (Å²) in [7, 11) is 0. The van der Waals surface area contributed by atoms with E-state index in [0.717, 1.165) is 27.8 Å². The van der Waals surface area contributed by atoms with Crippen molar-refractivity contribution in [1.82, 2.24) is 15.0 Å². The van der Waals surface area contributed by atoms with Crippen LogP contribution >= 0.6 is 11.6 Å². The summed E-state index contributed by atoms with van der Waals surface area (Å²) in [5.41, 5.74) is 6.25. The lowest BCUT2D eigenvalue weighted by Gasteiger charge is -2.07. The van der Waals surface area contributed by atoms with Gasteiger partial charge in [-0.15, -0.1) is 0 Å². The van der Waals surface area contributed by atoms with Gasteiger partial charge < -0.3 is 14.8 Å². The summed E-state index contributed by atoms with van der Waals surface area (Å²) >= 11 is 6.57. The fraction of sp³-hybridized carbons (Fsp3) is 0.0385. The number of pyridine rings is 1. The molecule has 0 atom stereocenters. The first-order valence-electron chi connectivity index (χ1n) is 10.2. The third-order valence-corrected chi connectivity index (χ3v) is 5.73. The lowest BCUT2D eigenvalue weighted by Crippen LogP contribution is -2.00. The van der Waals surface area contributed by atoms with E-state index >= 15 is 0 Å². The Morgan fingerprint density at radius 1 is 0.939 bits per heavy atom. The zero-order valence-corrected chi connectivity index (χ0v) is 18.3. The molecule has 0 aliphatic rings. The zero-order valence-electron chi connectivity index (χ0n) is 17.5. The second-order valence-electron chi connectivity index (χ2n) is 7.59. The monoisotopic (exact) mass is 455 g/mol. The smallest absolute Gasteiger partial charge is 0.336 e. The number of fused-ring (bicyclic) bond motifs is 1. The third-order valence-electron chi connectivity index (χ3n) is 5.41. The van der Waals surface area contributed by atoms with Crippen molar-refractivity contribution in [2.75, 3.05) is 0 Å². The van der Waals surface area contributed by atoms with E-state index in [2.05, 4.69) is 15.0 Å². The molecule has 2 N–H and O–H groups in total. The highest BCUT2D eigenvalue weighted by Crippen LogP contribution is 2.34. The summed E-state index contributed by atoms with van der Waals surface area (Å²) in [6.07, 6.45) is 3.54. The number of hydrogen-bond acceptors (Lipinski definition) is 4. The molecular weight excluding hydrogens is 438 g/mol. The van der Waals surface area contributed by atoms with Gasteiger partial charge in [-0.3, -0.25) is 4.98 Å². The van der Waals surface area contributed by atoms with Crippen LogP contribution in [0.25, 0.3) is 33.3 Å². The van der Waals surface area contributed by atoms with Gasteiger partial charge >= 0.3 is 5.97 Å². The number of aromatic nitrogens is 3. The van der Waals surface area contributed by atoms with Crippen molar-refractivity contribution in [3.63, 3.8) is 0 Å². The molecule has 7 heteroatoms. The van der Waals surface area contributed by atoms with Gasteiger partial charge in [0.2, 0.25) is 0 Å². The van der Waals surface area contributed by atoms with Crippen molar-refractivity contribution >= 4 is 28.6 Å². The number of H-pyrrole nitrogens is 1. The molecule has 33 heavy (non-hydrogen) atoms. The van der Waals surface area contributed by atoms with E-state index < -0.39 is 5.97 Å². The molecule has 0 saturated heterocycles. The van der Waals surface area contributed by atoms with Crippen LogP contribution in [0, 0.1) is 6.92 Å². The maximum absolute atomic E-state index is 11.4. The summed E-state index contributed by atoms with van der Waals surface area (Å²) in [6.45, 7) is 1.74. The van der Waals surface area contributed by atoms with E-state index in [1.54, 1.807) is 37.5 Å². The number of carboxylic acid groups (broad SMARTS) is 1. The maximum atomic E-state index is 11.4. The van der Waals surface area contributed by atoms with E-state index in [9.17, 15) is 9.90 Å². The quantitative estimate of drug-likeness (QED) is 0.306. The second-order valence-corrected chi connectivity index (χ2v) is 8.00. The predicted octanol–water partition coefficient (Wildman–Crippen LogP) is 6.74. The van der Waals surface area contributed by atoms with Crippen LogP contribution in [-0.2, 0) is 0 Å². The van der Waals surface area contributed by atoms with Gasteiger partial charge in [0.15, 0.2) is 0 Å². The SMILES string of the molecule is Cc1ccc(Oc2nc3cc(-c4ccc(-c5ccncc5)cc4)c(Cl)cc3[nH]2)cc1C(=O)O. The minimum atomic E-state index is -1.01. The van der Waals surface area contributed by atoms with Crippen LogP contribution < -0.4 is 4.74 Å². The Morgan fingerprint density at radius 2 is 1.64 bits per heavy atom. The minimum Gasteiger partial charge on any atom is -0.478 e. The number of carboxylic acids is 1. The molecule has 0 aliphatic heterocycles. The summed E-state index contributed by atoms with van der Waals surface area (Å²) < 4.78 is 5.78. The molecular formula is C26H18ClN3O3. The second kappa shape index (κ2) is 8.41. The van der Waals surface area contributed by atoms with Crippen molar-refractivity contribution in [3.05, 3.63) is 95.3 Å². The average molecular weight is 456 g/mol. The number of aryl methyl sites for hydroxylation is 1. The number of aromatic amines is 1. The van der Waals surface area contributed by atoms with Crippen LogP contribution in [0.15, 0.2) is 79.1 Å². The lowest BCUT2D eigenvalue weighted by atomic mass is 10.0. The summed E-state index contributed by atoms with van der Waals surface area (Å²) in [4.78, 5) is 23.0. The highest BCUT2D eigenvalue weighted by atomic mass is 35.5. The number of benzene rings is 3. The average Bonchev–Trinajstić information content (AvgIpc) is 3.21. The molecule has 3 aromatic carbocycles. The molecule has 0 bridgehead atoms. The molecule has 6 nitrogen and oxygen atoms in total. The largest absolute Gasteiger partial charge is 0.478 e. The van der Waals surface area contributed by atoms with Crippen molar-refractivity contribution in [2.24, 2.45) is 0 Å². The Kier molecular flexibility index (Phi) is 5.28. The number of aromatic carboxylic acids is 1. The van der Waals surface area contributed by atoms with E-state index in [1.165, 1.54) is 6.07 Å². The highest BCUT2D eigenvalue weighted by molar-refractivity contribution is 6.34. The maximum Gasteiger partial charge on any atom is 0.336 e. The molecule has 2 heterocycles. The standard InChI is InChI=1S/C26H18ClN3O3/c1-15-2-7-19(12-20(15)25(31)32)33-26-29-23-13-21(22(27)14-24(23)30-26)18-5-3-16(4-6-18)17-8-10-28-11-9-17/h2-14H,1H3,(H,29,30)(H,31,32). The number of nitrogens with one attached hydrogen (secondary N) is 1. The van der Waals surface area contributed by atoms with E-state index in [4.69, 9.17) is 16.3 Å². The van der Waals surface area contributed by atoms with Gasteiger partial charge in [-0.05, 0) is 65.6 Å². The molecule has 0 radical (unpaired) electrons. The first-order chi connectivity index (χ1) is 16.0. The van der Waals surface area contributed by atoms with Crippen molar-refractivity contribution in [2.45, 2.75) is 6.92 Å². The lowest BCUT2D eigenvalue weighted by molar-refractivity contribution is 0.0695. The van der Waals surface area contributed by atoms with Crippen LogP contribution in [0.5, 0.6) is 11.8 Å². The fourth-order valence-electron chi connectivity index (χ4n) is 3.67. The van der Waals surface area contributed by atoms with Crippen molar-refractivity contribution < 1.29 is 14.6 Å². The molecule has 162 valence electrons. The van der Waals surface area contributed by atoms with Gasteiger partial charge in [0.1, 0.15) is 5.75 Å². The molecule has 0 fully saturated rings. The van der Waals surface area contributed by atoms with Gasteiger partial charge in [-0.2, -0.15) is 4.98 Å². The Hall–Kier alpha value is -4.16. The topological polar surface area (TPSA) is 88.1 Å². The van der Waals surface area contributed by atoms with Gasteiger partial charge in [0.05, 0.1) is 21.6 Å². The molecule has 0 aliphatic carbocycles. The number of halogens is 1. The predicted molar refractivity (Wildman–Crippen MR) is 128 cm³/mol. The van der Waals surface area contributed by atoms with Crippen molar-refractivity contribution in [1.29, 1.82) is 0 Å².